The summed E-state index contributed by atoms with van der Waals surface area (Å²) in [6, 6.07) is 20.4. The smallest absolute Gasteiger partial charge is 0.194 e. The van der Waals surface area contributed by atoms with Crippen molar-refractivity contribution >= 4 is 10.9 Å². The van der Waals surface area contributed by atoms with Crippen LogP contribution in [0.4, 0.5) is 0 Å². The van der Waals surface area contributed by atoms with E-state index in [-0.39, 0.29) is 0 Å². The van der Waals surface area contributed by atoms with E-state index in [1.165, 1.54) is 85.5 Å². The second kappa shape index (κ2) is 7.59. The van der Waals surface area contributed by atoms with Crippen molar-refractivity contribution in [3.8, 4) is 11.3 Å². The molecule has 0 amide bonds. The van der Waals surface area contributed by atoms with Gasteiger partial charge < -0.3 is 0 Å². The van der Waals surface area contributed by atoms with Crippen molar-refractivity contribution < 1.29 is 4.57 Å². The van der Waals surface area contributed by atoms with E-state index in [1.54, 1.807) is 5.56 Å². The van der Waals surface area contributed by atoms with Crippen LogP contribution in [0.3, 0.4) is 0 Å². The molecule has 1 heterocycles. The summed E-state index contributed by atoms with van der Waals surface area (Å²) in [4.78, 5) is 0. The number of aromatic nitrogens is 1. The lowest BCUT2D eigenvalue weighted by Gasteiger charge is -2.43. The van der Waals surface area contributed by atoms with Gasteiger partial charge in [-0.3, -0.25) is 0 Å². The minimum atomic E-state index is 0.683. The van der Waals surface area contributed by atoms with E-state index in [0.29, 0.717) is 11.3 Å². The Bertz CT molecular complexity index is 1020. The minimum absolute atomic E-state index is 0.683. The van der Waals surface area contributed by atoms with Gasteiger partial charge in [0.05, 0.1) is 0 Å². The lowest BCUT2D eigenvalue weighted by atomic mass is 9.62. The van der Waals surface area contributed by atoms with Gasteiger partial charge in [0.25, 0.3) is 0 Å². The molecule has 2 saturated carbocycles. The Balaban J connectivity index is 1.57. The maximum Gasteiger partial charge on any atom is 0.213 e. The van der Waals surface area contributed by atoms with E-state index in [0.717, 1.165) is 0 Å². The molecule has 0 radical (unpaired) electrons. The van der Waals surface area contributed by atoms with Crippen LogP contribution < -0.4 is 4.57 Å². The molecule has 2 aromatic carbocycles. The van der Waals surface area contributed by atoms with Crippen LogP contribution in [0.2, 0.25) is 0 Å². The Labute approximate surface area is 175 Å². The van der Waals surface area contributed by atoms with Crippen LogP contribution >= 0.6 is 0 Å². The number of hydrogen-bond donors (Lipinski definition) is 0. The highest BCUT2D eigenvalue weighted by Gasteiger charge is 2.37. The number of rotatable bonds is 2. The van der Waals surface area contributed by atoms with Gasteiger partial charge in [0, 0.05) is 23.1 Å². The Kier molecular flexibility index (Phi) is 4.94. The first-order valence-corrected chi connectivity index (χ1v) is 11.6. The van der Waals surface area contributed by atoms with Crippen molar-refractivity contribution in [2.45, 2.75) is 70.6 Å². The average Bonchev–Trinajstić information content (AvgIpc) is 2.76. The number of fused-ring (bicyclic) bond motifs is 1. The maximum absolute atomic E-state index is 2.52. The Hall–Kier alpha value is -2.15. The van der Waals surface area contributed by atoms with Gasteiger partial charge >= 0.3 is 0 Å². The zero-order valence-corrected chi connectivity index (χ0v) is 18.1. The van der Waals surface area contributed by atoms with Crippen molar-refractivity contribution in [2.24, 2.45) is 12.5 Å². The van der Waals surface area contributed by atoms with Crippen LogP contribution in [-0.2, 0) is 7.05 Å². The lowest BCUT2D eigenvalue weighted by Crippen LogP contribution is -2.34. The average molecular weight is 385 g/mol. The number of aryl methyl sites for hydroxylation is 2. The fraction of sp³-hybridized carbons (Fsp3) is 0.464. The zero-order valence-electron chi connectivity index (χ0n) is 18.1. The summed E-state index contributed by atoms with van der Waals surface area (Å²) in [6.45, 7) is 2.23. The Morgan fingerprint density at radius 1 is 0.828 bits per heavy atom. The van der Waals surface area contributed by atoms with Crippen molar-refractivity contribution in [2.75, 3.05) is 0 Å². The highest BCUT2D eigenvalue weighted by atomic mass is 14.9. The lowest BCUT2D eigenvalue weighted by molar-refractivity contribution is -0.633. The molecule has 1 aromatic heterocycles. The van der Waals surface area contributed by atoms with Crippen LogP contribution in [0.15, 0.2) is 54.6 Å². The van der Waals surface area contributed by atoms with Gasteiger partial charge in [-0.1, -0.05) is 49.6 Å². The molecular formula is C28H34N+. The first kappa shape index (κ1) is 18.9. The van der Waals surface area contributed by atoms with Crippen LogP contribution in [0, 0.1) is 12.3 Å². The third-order valence-corrected chi connectivity index (χ3v) is 8.05. The topological polar surface area (TPSA) is 3.88 Å². The van der Waals surface area contributed by atoms with Gasteiger partial charge in [-0.05, 0) is 80.0 Å². The fourth-order valence-electron chi connectivity index (χ4n) is 6.26. The van der Waals surface area contributed by atoms with E-state index in [1.807, 2.05) is 0 Å². The molecule has 150 valence electrons. The van der Waals surface area contributed by atoms with Crippen molar-refractivity contribution in [1.82, 2.24) is 0 Å². The van der Waals surface area contributed by atoms with Gasteiger partial charge in [-0.2, -0.15) is 4.57 Å². The zero-order chi connectivity index (χ0) is 19.8. The number of benzene rings is 2. The van der Waals surface area contributed by atoms with Crippen molar-refractivity contribution in [3.63, 3.8) is 0 Å². The molecule has 0 atom stereocenters. The quantitative estimate of drug-likeness (QED) is 0.410. The molecule has 0 aliphatic heterocycles. The summed E-state index contributed by atoms with van der Waals surface area (Å²) in [6.07, 6.45) is 13.0. The Morgan fingerprint density at radius 3 is 2.28 bits per heavy atom. The Morgan fingerprint density at radius 2 is 1.52 bits per heavy atom. The molecule has 1 spiro atoms. The molecular weight excluding hydrogens is 350 g/mol. The van der Waals surface area contributed by atoms with Gasteiger partial charge in [0.1, 0.15) is 7.05 Å². The predicted octanol–water partition coefficient (Wildman–Crippen LogP) is 7.25. The number of hydrogen-bond acceptors (Lipinski definition) is 0. The first-order valence-electron chi connectivity index (χ1n) is 11.6. The molecule has 2 aliphatic carbocycles. The SMILES string of the molecule is Cc1ccccc1-c1cc(C2CCC3(CCCCC3)CC2)c2ccccc2[n+]1C. The molecule has 5 rings (SSSR count). The van der Waals surface area contributed by atoms with Gasteiger partial charge in [0.15, 0.2) is 0 Å². The third-order valence-electron chi connectivity index (χ3n) is 8.05. The van der Waals surface area contributed by atoms with Crippen LogP contribution in [0.1, 0.15) is 74.8 Å². The van der Waals surface area contributed by atoms with Crippen molar-refractivity contribution in [3.05, 3.63) is 65.7 Å². The predicted molar refractivity (Wildman–Crippen MR) is 122 cm³/mol. The monoisotopic (exact) mass is 384 g/mol. The molecule has 0 saturated heterocycles. The standard InChI is InChI=1S/C28H34N/c1-21-10-4-5-11-23(21)27-20-25(24-12-6-7-13-26(24)29(27)2)22-14-18-28(19-15-22)16-8-3-9-17-28/h4-7,10-13,20,22H,3,8-9,14-19H2,1-2H3/q+1. The van der Waals surface area contributed by atoms with Gasteiger partial charge in [-0.15, -0.1) is 0 Å². The summed E-state index contributed by atoms with van der Waals surface area (Å²) in [5, 5.41) is 1.46. The van der Waals surface area contributed by atoms with Crippen LogP contribution in [-0.4, -0.2) is 0 Å². The highest BCUT2D eigenvalue weighted by molar-refractivity contribution is 5.82. The second-order valence-corrected chi connectivity index (χ2v) is 9.71. The van der Waals surface area contributed by atoms with Gasteiger partial charge in [0.2, 0.25) is 11.2 Å². The normalized spacial score (nSPS) is 19.7. The number of nitrogens with zero attached hydrogens (tertiary/aromatic N) is 1. The molecule has 0 N–H and O–H groups in total. The fourth-order valence-corrected chi connectivity index (χ4v) is 6.26. The summed E-state index contributed by atoms with van der Waals surface area (Å²) in [7, 11) is 2.23. The van der Waals surface area contributed by atoms with Crippen molar-refractivity contribution in [1.29, 1.82) is 0 Å². The van der Waals surface area contributed by atoms with E-state index in [4.69, 9.17) is 0 Å². The molecule has 2 fully saturated rings. The van der Waals surface area contributed by atoms with E-state index in [2.05, 4.69) is 73.1 Å². The van der Waals surface area contributed by atoms with Gasteiger partial charge in [-0.25, -0.2) is 0 Å². The largest absolute Gasteiger partial charge is 0.213 e. The summed E-state index contributed by atoms with van der Waals surface area (Å²) in [5.41, 5.74) is 7.71. The second-order valence-electron chi connectivity index (χ2n) is 9.71. The first-order chi connectivity index (χ1) is 14.2. The van der Waals surface area contributed by atoms with Crippen LogP contribution in [0.5, 0.6) is 0 Å². The highest BCUT2D eigenvalue weighted by Crippen LogP contribution is 2.51. The number of pyridine rings is 1. The third kappa shape index (κ3) is 3.39. The molecule has 29 heavy (non-hydrogen) atoms. The summed E-state index contributed by atoms with van der Waals surface area (Å²) >= 11 is 0. The van der Waals surface area contributed by atoms with E-state index in [9.17, 15) is 0 Å². The summed E-state index contributed by atoms with van der Waals surface area (Å²) < 4.78 is 2.40. The molecule has 1 nitrogen and oxygen atoms in total. The number of para-hydroxylation sites is 1. The molecule has 2 aliphatic rings. The van der Waals surface area contributed by atoms with E-state index >= 15 is 0 Å². The molecule has 0 unspecified atom stereocenters. The summed E-state index contributed by atoms with van der Waals surface area (Å²) in [5.74, 6) is 0.705. The molecule has 3 aromatic rings. The maximum atomic E-state index is 2.52. The molecule has 0 bridgehead atoms. The molecule has 1 heteroatoms. The van der Waals surface area contributed by atoms with E-state index < -0.39 is 0 Å². The van der Waals surface area contributed by atoms with Crippen LogP contribution in [0.25, 0.3) is 22.2 Å². The minimum Gasteiger partial charge on any atom is -0.194 e.